The smallest absolute Gasteiger partial charge is 0.166 e. The summed E-state index contributed by atoms with van der Waals surface area (Å²) < 4.78 is 12.8. The quantitative estimate of drug-likeness (QED) is 0.258. The molecule has 1 aliphatic rings. The van der Waals surface area contributed by atoms with Crippen LogP contribution in [0.2, 0.25) is 0 Å². The number of aromatic nitrogens is 5. The Hall–Kier alpha value is -1.67. The highest BCUT2D eigenvalue weighted by Gasteiger charge is 2.43. The summed E-state index contributed by atoms with van der Waals surface area (Å²) in [6, 6.07) is 6.16. The van der Waals surface area contributed by atoms with E-state index in [1.165, 1.54) is 24.2 Å². The summed E-state index contributed by atoms with van der Waals surface area (Å²) in [7, 11) is 0. The Morgan fingerprint density at radius 2 is 2.06 bits per heavy atom. The van der Waals surface area contributed by atoms with Gasteiger partial charge in [0.2, 0.25) is 0 Å². The molecule has 0 radical (unpaired) electrons. The Balaban J connectivity index is 1.39. The van der Waals surface area contributed by atoms with Crippen molar-refractivity contribution in [3.63, 3.8) is 0 Å². The topological polar surface area (TPSA) is 126 Å². The third-order valence-corrected chi connectivity index (χ3v) is 7.80. The van der Waals surface area contributed by atoms with Crippen molar-refractivity contribution in [3.05, 3.63) is 40.2 Å². The van der Waals surface area contributed by atoms with E-state index < -0.39 is 24.5 Å². The van der Waals surface area contributed by atoms with Crippen LogP contribution in [-0.2, 0) is 10.5 Å². The van der Waals surface area contributed by atoms with Gasteiger partial charge in [0.1, 0.15) is 29.1 Å². The predicted octanol–water partition coefficient (Wildman–Crippen LogP) is 2.49. The van der Waals surface area contributed by atoms with E-state index in [0.717, 1.165) is 20.3 Å². The summed E-state index contributed by atoms with van der Waals surface area (Å²) >= 11 is 6.50. The van der Waals surface area contributed by atoms with Crippen LogP contribution in [0.4, 0.5) is 0 Å². The lowest BCUT2D eigenvalue weighted by molar-refractivity contribution is -0.0405. The van der Waals surface area contributed by atoms with Gasteiger partial charge in [0.25, 0.3) is 0 Å². The maximum Gasteiger partial charge on any atom is 0.166 e. The van der Waals surface area contributed by atoms with Gasteiger partial charge in [0.05, 0.1) is 21.7 Å². The minimum atomic E-state index is -1.15. The van der Waals surface area contributed by atoms with Crippen LogP contribution in [0.1, 0.15) is 18.2 Å². The van der Waals surface area contributed by atoms with Crippen molar-refractivity contribution >= 4 is 61.3 Å². The molecule has 3 N–H and O–H groups in total. The summed E-state index contributed by atoms with van der Waals surface area (Å²) in [5, 5.41) is 31.6. The molecule has 0 saturated carbocycles. The monoisotopic (exact) mass is 523 g/mol. The summed E-state index contributed by atoms with van der Waals surface area (Å²) in [6.07, 6.45) is -0.512. The maximum absolute atomic E-state index is 10.4. The van der Waals surface area contributed by atoms with E-state index in [0.29, 0.717) is 21.9 Å². The number of halogens is 1. The van der Waals surface area contributed by atoms with Gasteiger partial charge in [-0.3, -0.25) is 4.57 Å². The summed E-state index contributed by atoms with van der Waals surface area (Å²) in [5.74, 6) is 0.692. The molecule has 0 amide bonds. The molecule has 12 heteroatoms. The van der Waals surface area contributed by atoms with E-state index in [-0.39, 0.29) is 13.0 Å². The summed E-state index contributed by atoms with van der Waals surface area (Å²) in [5.41, 5.74) is 3.21. The highest BCUT2D eigenvalue weighted by molar-refractivity contribution is 9.11. The van der Waals surface area contributed by atoms with Crippen LogP contribution in [0, 0.1) is 0 Å². The number of rotatable bonds is 6. The lowest BCUT2D eigenvalue weighted by atomic mass is 10.1. The van der Waals surface area contributed by atoms with Crippen molar-refractivity contribution in [1.82, 2.24) is 23.9 Å². The molecule has 4 aromatic rings. The third-order valence-electron chi connectivity index (χ3n) is 5.22. The Morgan fingerprint density at radius 1 is 1.19 bits per heavy atom. The Bertz CT molecular complexity index is 1230. The van der Waals surface area contributed by atoms with E-state index >= 15 is 0 Å². The first-order valence-corrected chi connectivity index (χ1v) is 12.1. The molecule has 1 fully saturated rings. The van der Waals surface area contributed by atoms with E-state index in [4.69, 9.17) is 9.84 Å². The largest absolute Gasteiger partial charge is 0.396 e. The molecule has 5 rings (SSSR count). The molecule has 4 unspecified atom stereocenters. The highest BCUT2D eigenvalue weighted by atomic mass is 79.9. The Labute approximate surface area is 193 Å². The van der Waals surface area contributed by atoms with Crippen molar-refractivity contribution in [2.45, 2.75) is 41.7 Å². The van der Waals surface area contributed by atoms with Crippen LogP contribution in [0.15, 0.2) is 39.7 Å². The predicted molar refractivity (Wildman–Crippen MR) is 120 cm³/mol. The molecule has 9 nitrogen and oxygen atoms in total. The molecule has 3 aromatic heterocycles. The number of imidazole rings is 1. The molecule has 0 aliphatic carbocycles. The van der Waals surface area contributed by atoms with E-state index in [2.05, 4.69) is 41.3 Å². The fourth-order valence-electron chi connectivity index (χ4n) is 3.65. The Kier molecular flexibility index (Phi) is 5.94. The standard InChI is InChI=1S/C19H18BrN5O4S2/c20-16-10-5-9(1-2-11(10)24-31-16)6-30-18-13-17(21-7-22-18)25(8-23-13)19-15(28)14(27)12(29-19)3-4-26/h1-2,5,7-8,12,14-15,19,26-28H,3-4,6H2. The van der Waals surface area contributed by atoms with Crippen LogP contribution in [0.5, 0.6) is 0 Å². The number of fused-ring (bicyclic) bond motifs is 2. The lowest BCUT2D eigenvalue weighted by Gasteiger charge is -2.16. The number of benzene rings is 1. The average Bonchev–Trinajstić information content (AvgIpc) is 3.45. The van der Waals surface area contributed by atoms with Gasteiger partial charge in [-0.05, 0) is 51.6 Å². The zero-order valence-electron chi connectivity index (χ0n) is 16.0. The van der Waals surface area contributed by atoms with E-state index in [1.54, 1.807) is 16.3 Å². The number of thioether (sulfide) groups is 1. The minimum Gasteiger partial charge on any atom is -0.396 e. The fraction of sp³-hybridized carbons (Fsp3) is 0.368. The van der Waals surface area contributed by atoms with Crippen molar-refractivity contribution in [2.24, 2.45) is 0 Å². The molecular formula is C19H18BrN5O4S2. The first-order chi connectivity index (χ1) is 15.1. The fourth-order valence-corrected chi connectivity index (χ4v) is 5.67. The van der Waals surface area contributed by atoms with Gasteiger partial charge in [0.15, 0.2) is 11.9 Å². The van der Waals surface area contributed by atoms with Crippen LogP contribution in [0.25, 0.3) is 22.1 Å². The maximum atomic E-state index is 10.4. The summed E-state index contributed by atoms with van der Waals surface area (Å²) in [6.45, 7) is -0.140. The SMILES string of the molecule is OCCC1OC(n2cnc3c(SCc4ccc5nsc(Br)c5c4)ncnc32)C(O)C1O. The Morgan fingerprint density at radius 3 is 2.90 bits per heavy atom. The van der Waals surface area contributed by atoms with Crippen LogP contribution in [-0.4, -0.2) is 64.1 Å². The van der Waals surface area contributed by atoms with Crippen molar-refractivity contribution < 1.29 is 20.1 Å². The molecule has 1 aromatic carbocycles. The number of hydrogen-bond donors (Lipinski definition) is 3. The van der Waals surface area contributed by atoms with E-state index in [1.807, 2.05) is 12.1 Å². The molecule has 1 saturated heterocycles. The molecule has 0 bridgehead atoms. The van der Waals surface area contributed by atoms with Crippen molar-refractivity contribution in [3.8, 4) is 0 Å². The van der Waals surface area contributed by atoms with Crippen LogP contribution < -0.4 is 0 Å². The van der Waals surface area contributed by atoms with Gasteiger partial charge in [-0.15, -0.1) is 0 Å². The second-order valence-electron chi connectivity index (χ2n) is 7.16. The van der Waals surface area contributed by atoms with Crippen molar-refractivity contribution in [2.75, 3.05) is 6.61 Å². The second-order valence-corrected chi connectivity index (χ2v) is 10.2. The normalized spacial score (nSPS) is 23.9. The number of hydrogen-bond acceptors (Lipinski definition) is 10. The van der Waals surface area contributed by atoms with E-state index in [9.17, 15) is 10.2 Å². The van der Waals surface area contributed by atoms with Gasteiger partial charge in [0, 0.05) is 17.7 Å². The molecule has 1 aliphatic heterocycles. The molecule has 0 spiro atoms. The van der Waals surface area contributed by atoms with Gasteiger partial charge >= 0.3 is 0 Å². The molecule has 162 valence electrons. The van der Waals surface area contributed by atoms with Gasteiger partial charge < -0.3 is 20.1 Å². The van der Waals surface area contributed by atoms with Gasteiger partial charge in [-0.25, -0.2) is 15.0 Å². The first kappa shape index (κ1) is 21.2. The molecule has 4 atom stereocenters. The van der Waals surface area contributed by atoms with Crippen molar-refractivity contribution in [1.29, 1.82) is 0 Å². The molecular weight excluding hydrogens is 506 g/mol. The van der Waals surface area contributed by atoms with Crippen LogP contribution >= 0.6 is 39.2 Å². The second kappa shape index (κ2) is 8.70. The first-order valence-electron chi connectivity index (χ1n) is 9.53. The number of ether oxygens (including phenoxy) is 1. The summed E-state index contributed by atoms with van der Waals surface area (Å²) in [4.78, 5) is 13.1. The molecule has 4 heterocycles. The minimum absolute atomic E-state index is 0.140. The highest BCUT2D eigenvalue weighted by Crippen LogP contribution is 2.35. The molecule has 31 heavy (non-hydrogen) atoms. The van der Waals surface area contributed by atoms with Crippen LogP contribution in [0.3, 0.4) is 0 Å². The zero-order valence-corrected chi connectivity index (χ0v) is 19.2. The van der Waals surface area contributed by atoms with Gasteiger partial charge in [-0.2, -0.15) is 4.37 Å². The third kappa shape index (κ3) is 3.86. The average molecular weight is 524 g/mol. The number of nitrogens with zero attached hydrogens (tertiary/aromatic N) is 5. The number of aliphatic hydroxyl groups excluding tert-OH is 3. The number of aliphatic hydroxyl groups is 3. The van der Waals surface area contributed by atoms with Gasteiger partial charge in [-0.1, -0.05) is 17.8 Å². The lowest BCUT2D eigenvalue weighted by Crippen LogP contribution is -2.31. The zero-order chi connectivity index (χ0) is 21.5.